The highest BCUT2D eigenvalue weighted by atomic mass is 16.5. The molecule has 0 saturated carbocycles. The lowest BCUT2D eigenvalue weighted by atomic mass is 9.95. The maximum Gasteiger partial charge on any atom is 0.0819 e. The normalized spacial score (nSPS) is 56.7. The lowest BCUT2D eigenvalue weighted by molar-refractivity contribution is -0.861. The van der Waals surface area contributed by atoms with Crippen molar-refractivity contribution < 1.29 is 4.65 Å². The summed E-state index contributed by atoms with van der Waals surface area (Å²) in [5.74, 6) is 1.47. The van der Waals surface area contributed by atoms with Crippen LogP contribution in [0, 0.1) is 17.0 Å². The van der Waals surface area contributed by atoms with Crippen LogP contribution in [0.25, 0.3) is 0 Å². The molecule has 0 radical (unpaired) electrons. The van der Waals surface area contributed by atoms with Crippen molar-refractivity contribution in [2.75, 3.05) is 19.6 Å². The first-order valence-electron chi connectivity index (χ1n) is 3.77. The third-order valence-electron chi connectivity index (χ3n) is 2.90. The van der Waals surface area contributed by atoms with Gasteiger partial charge in [0.1, 0.15) is 0 Å². The van der Waals surface area contributed by atoms with Crippen LogP contribution < -0.4 is 0 Å². The highest BCUT2D eigenvalue weighted by Crippen LogP contribution is 2.37. The second-order valence-corrected chi connectivity index (χ2v) is 3.67. The van der Waals surface area contributed by atoms with Crippen molar-refractivity contribution in [3.63, 3.8) is 0 Å². The van der Waals surface area contributed by atoms with Gasteiger partial charge < -0.3 is 9.85 Å². The smallest absolute Gasteiger partial charge is 0.0819 e. The maximum atomic E-state index is 11.5. The second kappa shape index (κ2) is 1.50. The first kappa shape index (κ1) is 5.69. The molecule has 52 valence electrons. The van der Waals surface area contributed by atoms with Crippen LogP contribution in [0.3, 0.4) is 0 Å². The SMILES string of the molecule is CC1C[N+]2([O-])CCC1C2. The van der Waals surface area contributed by atoms with Crippen LogP contribution in [0.4, 0.5) is 0 Å². The maximum absolute atomic E-state index is 11.5. The molecular formula is C7H13NO. The quantitative estimate of drug-likeness (QED) is 0.351. The lowest BCUT2D eigenvalue weighted by Crippen LogP contribution is -2.38. The Bertz CT molecular complexity index is 133. The Hall–Kier alpha value is -0.0800. The molecule has 2 aliphatic rings. The number of fused-ring (bicyclic) bond motifs is 2. The molecule has 3 unspecified atom stereocenters. The predicted octanol–water partition coefficient (Wildman–Crippen LogP) is 0.971. The average Bonchev–Trinajstić information content (AvgIpc) is 2.20. The molecule has 2 rings (SSSR count). The minimum absolute atomic E-state index is 0.131. The van der Waals surface area contributed by atoms with Gasteiger partial charge in [-0.05, 0) is 0 Å². The summed E-state index contributed by atoms with van der Waals surface area (Å²) in [5, 5.41) is 11.5. The topological polar surface area (TPSA) is 23.1 Å². The van der Waals surface area contributed by atoms with E-state index in [0.717, 1.165) is 25.6 Å². The molecule has 0 N–H and O–H groups in total. The number of hydroxylamine groups is 3. The van der Waals surface area contributed by atoms with E-state index in [9.17, 15) is 5.21 Å². The fourth-order valence-corrected chi connectivity index (χ4v) is 2.32. The molecule has 0 amide bonds. The average molecular weight is 127 g/mol. The van der Waals surface area contributed by atoms with Crippen LogP contribution in [0.2, 0.25) is 0 Å². The van der Waals surface area contributed by atoms with E-state index in [4.69, 9.17) is 0 Å². The Balaban J connectivity index is 2.19. The third kappa shape index (κ3) is 0.700. The summed E-state index contributed by atoms with van der Waals surface area (Å²) in [6.07, 6.45) is 1.19. The minimum atomic E-state index is 0.131. The summed E-state index contributed by atoms with van der Waals surface area (Å²) in [5.41, 5.74) is 0. The van der Waals surface area contributed by atoms with Gasteiger partial charge in [-0.25, -0.2) is 0 Å². The van der Waals surface area contributed by atoms with Gasteiger partial charge in [-0.15, -0.1) is 0 Å². The summed E-state index contributed by atoms with van der Waals surface area (Å²) >= 11 is 0. The molecule has 3 atom stereocenters. The van der Waals surface area contributed by atoms with Crippen LogP contribution >= 0.6 is 0 Å². The molecule has 2 heteroatoms. The first-order chi connectivity index (χ1) is 4.20. The summed E-state index contributed by atoms with van der Waals surface area (Å²) in [7, 11) is 0. The molecule has 0 spiro atoms. The van der Waals surface area contributed by atoms with E-state index in [0.29, 0.717) is 5.92 Å². The van der Waals surface area contributed by atoms with E-state index in [1.54, 1.807) is 0 Å². The van der Waals surface area contributed by atoms with Crippen LogP contribution in [-0.2, 0) is 0 Å². The highest BCUT2D eigenvalue weighted by molar-refractivity contribution is 4.79. The van der Waals surface area contributed by atoms with Gasteiger partial charge in [0.15, 0.2) is 0 Å². The van der Waals surface area contributed by atoms with Crippen molar-refractivity contribution in [2.45, 2.75) is 13.3 Å². The van der Waals surface area contributed by atoms with E-state index < -0.39 is 0 Å². The van der Waals surface area contributed by atoms with E-state index >= 15 is 0 Å². The number of piperidine rings is 1. The number of rotatable bonds is 0. The Morgan fingerprint density at radius 2 is 2.22 bits per heavy atom. The molecule has 9 heavy (non-hydrogen) atoms. The van der Waals surface area contributed by atoms with Crippen LogP contribution in [0.15, 0.2) is 0 Å². The molecule has 2 saturated heterocycles. The van der Waals surface area contributed by atoms with E-state index in [1.165, 1.54) is 6.42 Å². The van der Waals surface area contributed by atoms with Crippen LogP contribution in [-0.4, -0.2) is 24.3 Å². The molecule has 2 aliphatic heterocycles. The number of hydrogen-bond donors (Lipinski definition) is 0. The molecule has 0 aromatic carbocycles. The van der Waals surface area contributed by atoms with Crippen molar-refractivity contribution >= 4 is 0 Å². The van der Waals surface area contributed by atoms with E-state index in [-0.39, 0.29) is 4.65 Å². The number of nitrogens with zero attached hydrogens (tertiary/aromatic N) is 1. The van der Waals surface area contributed by atoms with E-state index in [1.807, 2.05) is 0 Å². The van der Waals surface area contributed by atoms with Crippen molar-refractivity contribution in [3.8, 4) is 0 Å². The Labute approximate surface area is 55.6 Å². The highest BCUT2D eigenvalue weighted by Gasteiger charge is 2.43. The van der Waals surface area contributed by atoms with Gasteiger partial charge in [0.25, 0.3) is 0 Å². The zero-order valence-corrected chi connectivity index (χ0v) is 5.84. The molecule has 0 aromatic rings. The second-order valence-electron chi connectivity index (χ2n) is 3.67. The van der Waals surface area contributed by atoms with Crippen LogP contribution in [0.5, 0.6) is 0 Å². The summed E-state index contributed by atoms with van der Waals surface area (Å²) < 4.78 is 0.131. The minimum Gasteiger partial charge on any atom is -0.633 e. The summed E-state index contributed by atoms with van der Waals surface area (Å²) in [6, 6.07) is 0. The molecule has 2 fully saturated rings. The largest absolute Gasteiger partial charge is 0.633 e. The van der Waals surface area contributed by atoms with Gasteiger partial charge in [-0.2, -0.15) is 0 Å². The van der Waals surface area contributed by atoms with Crippen molar-refractivity contribution in [1.29, 1.82) is 0 Å². The summed E-state index contributed by atoms with van der Waals surface area (Å²) in [6.45, 7) is 4.92. The zero-order valence-electron chi connectivity index (χ0n) is 5.84. The predicted molar refractivity (Wildman–Crippen MR) is 35.5 cm³/mol. The molecule has 2 heterocycles. The Morgan fingerprint density at radius 1 is 1.44 bits per heavy atom. The van der Waals surface area contributed by atoms with Gasteiger partial charge in [0, 0.05) is 18.3 Å². The van der Waals surface area contributed by atoms with E-state index in [2.05, 4.69) is 6.92 Å². The first-order valence-corrected chi connectivity index (χ1v) is 3.77. The monoisotopic (exact) mass is 127 g/mol. The van der Waals surface area contributed by atoms with Crippen molar-refractivity contribution in [3.05, 3.63) is 5.21 Å². The van der Waals surface area contributed by atoms with Crippen molar-refractivity contribution in [1.82, 2.24) is 0 Å². The fraction of sp³-hybridized carbons (Fsp3) is 1.00. The van der Waals surface area contributed by atoms with Gasteiger partial charge in [0.05, 0.1) is 19.6 Å². The fourth-order valence-electron chi connectivity index (χ4n) is 2.32. The summed E-state index contributed by atoms with van der Waals surface area (Å²) in [4.78, 5) is 0. The third-order valence-corrected chi connectivity index (χ3v) is 2.90. The molecule has 0 aliphatic carbocycles. The molecular weight excluding hydrogens is 114 g/mol. The van der Waals surface area contributed by atoms with Gasteiger partial charge >= 0.3 is 0 Å². The Kier molecular flexibility index (Phi) is 0.945. The van der Waals surface area contributed by atoms with Gasteiger partial charge in [0.2, 0.25) is 0 Å². The zero-order chi connectivity index (χ0) is 6.48. The molecule has 0 aromatic heterocycles. The van der Waals surface area contributed by atoms with Crippen LogP contribution in [0.1, 0.15) is 13.3 Å². The van der Waals surface area contributed by atoms with Crippen molar-refractivity contribution in [2.24, 2.45) is 11.8 Å². The lowest BCUT2D eigenvalue weighted by Gasteiger charge is -2.36. The molecule has 2 nitrogen and oxygen atoms in total. The van der Waals surface area contributed by atoms with Gasteiger partial charge in [-0.1, -0.05) is 6.92 Å². The number of hydrogen-bond acceptors (Lipinski definition) is 1. The molecule has 2 bridgehead atoms. The van der Waals surface area contributed by atoms with Gasteiger partial charge in [-0.3, -0.25) is 0 Å². The Morgan fingerprint density at radius 3 is 2.44 bits per heavy atom. The standard InChI is InChI=1S/C7H13NO/c1-6-4-8(9)3-2-7(6)5-8/h6-7H,2-5H2,1H3. The number of quaternary nitrogens is 1.